The van der Waals surface area contributed by atoms with Gasteiger partial charge in [0.2, 0.25) is 0 Å². The third-order valence-corrected chi connectivity index (χ3v) is 2.72. The van der Waals surface area contributed by atoms with Crippen molar-refractivity contribution in [2.45, 2.75) is 13.5 Å². The van der Waals surface area contributed by atoms with Crippen LogP contribution in [0.3, 0.4) is 0 Å². The minimum absolute atomic E-state index is 0.0157. The molecule has 5 heteroatoms. The molecular formula is C14H13FN2O2. The lowest BCUT2D eigenvalue weighted by atomic mass is 10.1. The number of rotatable bonds is 4. The fourth-order valence-electron chi connectivity index (χ4n) is 1.79. The number of halogens is 1. The Kier molecular flexibility index (Phi) is 3.75. The number of nitrogens with zero attached hydrogens (tertiary/aromatic N) is 1. The van der Waals surface area contributed by atoms with Crippen LogP contribution in [0.5, 0.6) is 0 Å². The van der Waals surface area contributed by atoms with Crippen LogP contribution in [0.15, 0.2) is 42.5 Å². The Balaban J connectivity index is 2.19. The first-order valence-electron chi connectivity index (χ1n) is 5.79. The van der Waals surface area contributed by atoms with Crippen LogP contribution >= 0.6 is 0 Å². The maximum absolute atomic E-state index is 13.0. The van der Waals surface area contributed by atoms with E-state index in [1.165, 1.54) is 18.2 Å². The first kappa shape index (κ1) is 13.0. The van der Waals surface area contributed by atoms with E-state index in [0.29, 0.717) is 12.2 Å². The van der Waals surface area contributed by atoms with Gasteiger partial charge in [-0.25, -0.2) is 4.39 Å². The van der Waals surface area contributed by atoms with Crippen molar-refractivity contribution in [3.8, 4) is 0 Å². The molecule has 2 aromatic carbocycles. The molecule has 0 saturated heterocycles. The van der Waals surface area contributed by atoms with E-state index in [-0.39, 0.29) is 11.5 Å². The lowest BCUT2D eigenvalue weighted by Gasteiger charge is -2.08. The van der Waals surface area contributed by atoms with Crippen LogP contribution in [0.1, 0.15) is 11.1 Å². The van der Waals surface area contributed by atoms with Crippen LogP contribution in [-0.4, -0.2) is 4.92 Å². The zero-order valence-electron chi connectivity index (χ0n) is 10.4. The minimum atomic E-state index is -0.437. The second-order valence-electron chi connectivity index (χ2n) is 4.26. The second-order valence-corrected chi connectivity index (χ2v) is 4.26. The highest BCUT2D eigenvalue weighted by Crippen LogP contribution is 2.25. The van der Waals surface area contributed by atoms with Gasteiger partial charge in [0.1, 0.15) is 11.5 Å². The molecule has 2 aromatic rings. The molecule has 0 heterocycles. The van der Waals surface area contributed by atoms with Crippen molar-refractivity contribution in [1.82, 2.24) is 0 Å². The molecule has 0 aromatic heterocycles. The van der Waals surface area contributed by atoms with Crippen LogP contribution in [0.25, 0.3) is 0 Å². The first-order valence-corrected chi connectivity index (χ1v) is 5.79. The molecule has 19 heavy (non-hydrogen) atoms. The van der Waals surface area contributed by atoms with Crippen LogP contribution < -0.4 is 5.32 Å². The van der Waals surface area contributed by atoms with E-state index in [1.807, 2.05) is 6.92 Å². The second kappa shape index (κ2) is 5.48. The molecule has 0 spiro atoms. The van der Waals surface area contributed by atoms with Crippen molar-refractivity contribution in [1.29, 1.82) is 0 Å². The fraction of sp³-hybridized carbons (Fsp3) is 0.143. The van der Waals surface area contributed by atoms with Crippen molar-refractivity contribution in [3.63, 3.8) is 0 Å². The van der Waals surface area contributed by atoms with Crippen molar-refractivity contribution in [2.75, 3.05) is 5.32 Å². The molecule has 4 nitrogen and oxygen atoms in total. The fourth-order valence-corrected chi connectivity index (χ4v) is 1.79. The average molecular weight is 260 g/mol. The van der Waals surface area contributed by atoms with E-state index in [1.54, 1.807) is 24.3 Å². The van der Waals surface area contributed by atoms with Crippen LogP contribution in [-0.2, 0) is 6.54 Å². The van der Waals surface area contributed by atoms with Gasteiger partial charge in [-0.15, -0.1) is 0 Å². The van der Waals surface area contributed by atoms with E-state index in [2.05, 4.69) is 5.32 Å². The quantitative estimate of drug-likeness (QED) is 0.674. The number of hydrogen-bond acceptors (Lipinski definition) is 3. The Morgan fingerprint density at radius 2 is 2.05 bits per heavy atom. The smallest absolute Gasteiger partial charge is 0.292 e. The lowest BCUT2D eigenvalue weighted by Crippen LogP contribution is -2.03. The zero-order valence-corrected chi connectivity index (χ0v) is 10.4. The van der Waals surface area contributed by atoms with Gasteiger partial charge in [-0.2, -0.15) is 0 Å². The van der Waals surface area contributed by atoms with Gasteiger partial charge in [0.05, 0.1) is 4.92 Å². The van der Waals surface area contributed by atoms with Gasteiger partial charge in [0, 0.05) is 12.6 Å². The number of hydrogen-bond donors (Lipinski definition) is 1. The van der Waals surface area contributed by atoms with Crippen molar-refractivity contribution < 1.29 is 9.31 Å². The summed E-state index contributed by atoms with van der Waals surface area (Å²) in [6, 6.07) is 11.0. The molecule has 0 aliphatic carbocycles. The molecule has 1 N–H and O–H groups in total. The number of nitrogens with one attached hydrogen (secondary N) is 1. The number of aryl methyl sites for hydroxylation is 1. The summed E-state index contributed by atoms with van der Waals surface area (Å²) in [6.45, 7) is 2.19. The summed E-state index contributed by atoms with van der Waals surface area (Å²) >= 11 is 0. The summed E-state index contributed by atoms with van der Waals surface area (Å²) in [4.78, 5) is 10.5. The van der Waals surface area contributed by atoms with E-state index >= 15 is 0 Å². The Labute approximate surface area is 110 Å². The van der Waals surface area contributed by atoms with E-state index < -0.39 is 4.92 Å². The Morgan fingerprint density at radius 3 is 2.74 bits per heavy atom. The molecule has 0 unspecified atom stereocenters. The molecule has 0 aliphatic rings. The van der Waals surface area contributed by atoms with Crippen molar-refractivity contribution in [2.24, 2.45) is 0 Å². The standard InChI is InChI=1S/C14H13FN2O2/c1-10-5-6-14(17(18)19)13(7-10)16-9-11-3-2-4-12(15)8-11/h2-8,16H,9H2,1H3. The van der Waals surface area contributed by atoms with Crippen molar-refractivity contribution >= 4 is 11.4 Å². The molecule has 0 atom stereocenters. The monoisotopic (exact) mass is 260 g/mol. The molecule has 0 radical (unpaired) electrons. The maximum atomic E-state index is 13.0. The van der Waals surface area contributed by atoms with Gasteiger partial charge in [-0.3, -0.25) is 10.1 Å². The topological polar surface area (TPSA) is 55.2 Å². The highest BCUT2D eigenvalue weighted by atomic mass is 19.1. The van der Waals surface area contributed by atoms with Gasteiger partial charge in [-0.05, 0) is 36.2 Å². The predicted molar refractivity (Wildman–Crippen MR) is 71.6 cm³/mol. The van der Waals surface area contributed by atoms with Gasteiger partial charge >= 0.3 is 0 Å². The molecule has 0 bridgehead atoms. The van der Waals surface area contributed by atoms with Gasteiger partial charge in [0.25, 0.3) is 5.69 Å². The van der Waals surface area contributed by atoms with E-state index in [4.69, 9.17) is 0 Å². The number of nitro groups is 1. The highest BCUT2D eigenvalue weighted by Gasteiger charge is 2.12. The number of nitro benzene ring substituents is 1. The van der Waals surface area contributed by atoms with Crippen LogP contribution in [0.4, 0.5) is 15.8 Å². The molecule has 2 rings (SSSR count). The zero-order chi connectivity index (χ0) is 13.8. The van der Waals surface area contributed by atoms with E-state index in [0.717, 1.165) is 11.1 Å². The SMILES string of the molecule is Cc1ccc([N+](=O)[O-])c(NCc2cccc(F)c2)c1. The average Bonchev–Trinajstić information content (AvgIpc) is 2.36. The highest BCUT2D eigenvalue weighted by molar-refractivity contribution is 5.62. The molecule has 0 saturated carbocycles. The summed E-state index contributed by atoms with van der Waals surface area (Å²) in [7, 11) is 0. The number of benzene rings is 2. The summed E-state index contributed by atoms with van der Waals surface area (Å²) in [5, 5.41) is 13.9. The van der Waals surface area contributed by atoms with Gasteiger partial charge in [-0.1, -0.05) is 18.2 Å². The van der Waals surface area contributed by atoms with Crippen LogP contribution in [0, 0.1) is 22.9 Å². The Hall–Kier alpha value is -2.43. The lowest BCUT2D eigenvalue weighted by molar-refractivity contribution is -0.384. The molecular weight excluding hydrogens is 247 g/mol. The molecule has 0 fully saturated rings. The predicted octanol–water partition coefficient (Wildman–Crippen LogP) is 3.65. The Morgan fingerprint density at radius 1 is 1.26 bits per heavy atom. The first-order chi connectivity index (χ1) is 9.06. The molecule has 98 valence electrons. The van der Waals surface area contributed by atoms with Crippen molar-refractivity contribution in [3.05, 3.63) is 69.5 Å². The largest absolute Gasteiger partial charge is 0.375 e. The summed E-state index contributed by atoms with van der Waals surface area (Å²) in [5.41, 5.74) is 2.11. The van der Waals surface area contributed by atoms with Gasteiger partial charge in [0.15, 0.2) is 0 Å². The Bertz CT molecular complexity index is 614. The van der Waals surface area contributed by atoms with E-state index in [9.17, 15) is 14.5 Å². The maximum Gasteiger partial charge on any atom is 0.292 e. The third kappa shape index (κ3) is 3.28. The molecule has 0 amide bonds. The summed E-state index contributed by atoms with van der Waals surface area (Å²) < 4.78 is 13.0. The van der Waals surface area contributed by atoms with Crippen LogP contribution in [0.2, 0.25) is 0 Å². The van der Waals surface area contributed by atoms with Gasteiger partial charge < -0.3 is 5.32 Å². The minimum Gasteiger partial charge on any atom is -0.375 e. The third-order valence-electron chi connectivity index (χ3n) is 2.72. The normalized spacial score (nSPS) is 10.2. The summed E-state index contributed by atoms with van der Waals surface area (Å²) in [5.74, 6) is -0.321. The summed E-state index contributed by atoms with van der Waals surface area (Å²) in [6.07, 6.45) is 0. The molecule has 0 aliphatic heterocycles. The number of anilines is 1.